The molecule has 0 bridgehead atoms. The average Bonchev–Trinajstić information content (AvgIpc) is 2.31. The molecule has 1 aromatic carbocycles. The molecule has 2 N–H and O–H groups in total. The maximum atomic E-state index is 14.0. The van der Waals surface area contributed by atoms with Gasteiger partial charge in [-0.3, -0.25) is 0 Å². The minimum Gasteiger partial charge on any atom is -0.504 e. The summed E-state index contributed by atoms with van der Waals surface area (Å²) in [7, 11) is 1.36. The molecule has 0 aromatic heterocycles. The van der Waals surface area contributed by atoms with E-state index in [2.05, 4.69) is 5.32 Å². The summed E-state index contributed by atoms with van der Waals surface area (Å²) in [4.78, 5) is 0. The van der Waals surface area contributed by atoms with Crippen molar-refractivity contribution in [2.75, 3.05) is 20.2 Å². The fourth-order valence-corrected chi connectivity index (χ4v) is 2.19. The topological polar surface area (TPSA) is 41.5 Å². The maximum Gasteiger partial charge on any atom is 0.196 e. The summed E-state index contributed by atoms with van der Waals surface area (Å²) < 4.78 is 18.9. The molecule has 3 nitrogen and oxygen atoms in total. The Kier molecular flexibility index (Phi) is 3.29. The highest BCUT2D eigenvalue weighted by atomic mass is 19.1. The third kappa shape index (κ3) is 1.97. The molecule has 1 saturated heterocycles. The third-order valence-corrected chi connectivity index (χ3v) is 3.05. The highest BCUT2D eigenvalue weighted by Crippen LogP contribution is 2.35. The Labute approximate surface area is 94.2 Å². The molecule has 88 valence electrons. The number of nitrogens with one attached hydrogen (secondary N) is 1. The summed E-state index contributed by atoms with van der Waals surface area (Å²) >= 11 is 0. The van der Waals surface area contributed by atoms with Gasteiger partial charge < -0.3 is 15.2 Å². The molecule has 1 aromatic rings. The summed E-state index contributed by atoms with van der Waals surface area (Å²) in [5.74, 6) is -0.463. The molecule has 1 heterocycles. The Balaban J connectivity index is 2.33. The van der Waals surface area contributed by atoms with E-state index in [9.17, 15) is 9.50 Å². The number of benzene rings is 1. The van der Waals surface area contributed by atoms with Crippen LogP contribution in [0.2, 0.25) is 0 Å². The standard InChI is InChI=1S/C12H16FNO2/c1-16-12-10(15)5-4-9(11(12)13)8-3-2-6-14-7-8/h4-5,8,14-15H,2-3,6-7H2,1H3. The Morgan fingerprint density at radius 1 is 1.50 bits per heavy atom. The zero-order valence-corrected chi connectivity index (χ0v) is 9.29. The lowest BCUT2D eigenvalue weighted by molar-refractivity contribution is 0.345. The van der Waals surface area contributed by atoms with Gasteiger partial charge in [-0.15, -0.1) is 0 Å². The summed E-state index contributed by atoms with van der Waals surface area (Å²) in [6.07, 6.45) is 2.02. The van der Waals surface area contributed by atoms with Crippen molar-refractivity contribution in [2.24, 2.45) is 0 Å². The molecule has 1 atom stereocenters. The minimum atomic E-state index is -0.434. The van der Waals surface area contributed by atoms with Gasteiger partial charge in [-0.25, -0.2) is 4.39 Å². The lowest BCUT2D eigenvalue weighted by Gasteiger charge is -2.24. The van der Waals surface area contributed by atoms with Gasteiger partial charge in [0.1, 0.15) is 0 Å². The van der Waals surface area contributed by atoms with Crippen molar-refractivity contribution in [1.29, 1.82) is 0 Å². The molecule has 0 amide bonds. The predicted molar refractivity (Wildman–Crippen MR) is 59.5 cm³/mol. The first-order chi connectivity index (χ1) is 7.74. The molecular formula is C12H16FNO2. The minimum absolute atomic E-state index is 0.0527. The van der Waals surface area contributed by atoms with E-state index in [1.54, 1.807) is 6.07 Å². The molecule has 1 unspecified atom stereocenters. The highest BCUT2D eigenvalue weighted by Gasteiger charge is 2.22. The fourth-order valence-electron chi connectivity index (χ4n) is 2.19. The van der Waals surface area contributed by atoms with Crippen LogP contribution >= 0.6 is 0 Å². The van der Waals surface area contributed by atoms with Crippen LogP contribution in [-0.4, -0.2) is 25.3 Å². The molecule has 0 saturated carbocycles. The number of hydrogen-bond donors (Lipinski definition) is 2. The fraction of sp³-hybridized carbons (Fsp3) is 0.500. The van der Waals surface area contributed by atoms with Crippen molar-refractivity contribution in [3.05, 3.63) is 23.5 Å². The van der Waals surface area contributed by atoms with Gasteiger partial charge in [-0.05, 0) is 36.9 Å². The van der Waals surface area contributed by atoms with Gasteiger partial charge >= 0.3 is 0 Å². The Morgan fingerprint density at radius 3 is 2.94 bits per heavy atom. The Morgan fingerprint density at radius 2 is 2.31 bits per heavy atom. The van der Waals surface area contributed by atoms with Gasteiger partial charge in [0, 0.05) is 6.54 Å². The number of phenolic OH excluding ortho intramolecular Hbond substituents is 1. The lowest BCUT2D eigenvalue weighted by Crippen LogP contribution is -2.28. The Bertz CT molecular complexity index is 376. The summed E-state index contributed by atoms with van der Waals surface area (Å²) in [5.41, 5.74) is 0.627. The van der Waals surface area contributed by atoms with E-state index < -0.39 is 5.82 Å². The van der Waals surface area contributed by atoms with E-state index in [0.717, 1.165) is 25.9 Å². The van der Waals surface area contributed by atoms with Crippen LogP contribution in [0.3, 0.4) is 0 Å². The lowest BCUT2D eigenvalue weighted by atomic mass is 9.91. The first-order valence-corrected chi connectivity index (χ1v) is 5.50. The monoisotopic (exact) mass is 225 g/mol. The SMILES string of the molecule is COc1c(O)ccc(C2CCCNC2)c1F. The largest absolute Gasteiger partial charge is 0.504 e. The van der Waals surface area contributed by atoms with Gasteiger partial charge in [0.2, 0.25) is 0 Å². The molecular weight excluding hydrogens is 209 g/mol. The zero-order chi connectivity index (χ0) is 11.5. The van der Waals surface area contributed by atoms with Crippen LogP contribution in [0.4, 0.5) is 4.39 Å². The van der Waals surface area contributed by atoms with E-state index >= 15 is 0 Å². The van der Waals surface area contributed by atoms with Crippen molar-refractivity contribution in [3.63, 3.8) is 0 Å². The van der Waals surface area contributed by atoms with E-state index in [1.807, 2.05) is 0 Å². The van der Waals surface area contributed by atoms with E-state index in [0.29, 0.717) is 5.56 Å². The number of phenols is 1. The molecule has 0 radical (unpaired) electrons. The third-order valence-electron chi connectivity index (χ3n) is 3.05. The van der Waals surface area contributed by atoms with E-state index in [1.165, 1.54) is 13.2 Å². The molecule has 1 fully saturated rings. The number of piperidine rings is 1. The first-order valence-electron chi connectivity index (χ1n) is 5.50. The van der Waals surface area contributed by atoms with E-state index in [-0.39, 0.29) is 17.4 Å². The van der Waals surface area contributed by atoms with Gasteiger partial charge in [0.05, 0.1) is 7.11 Å². The highest BCUT2D eigenvalue weighted by molar-refractivity contribution is 5.44. The smallest absolute Gasteiger partial charge is 0.196 e. The molecule has 16 heavy (non-hydrogen) atoms. The summed E-state index contributed by atoms with van der Waals surface area (Å²) in [6, 6.07) is 3.14. The van der Waals surface area contributed by atoms with Crippen LogP contribution in [0.15, 0.2) is 12.1 Å². The predicted octanol–water partition coefficient (Wildman–Crippen LogP) is 2.01. The number of rotatable bonds is 2. The van der Waals surface area contributed by atoms with Crippen LogP contribution < -0.4 is 10.1 Å². The van der Waals surface area contributed by atoms with Gasteiger partial charge in [-0.2, -0.15) is 0 Å². The quantitative estimate of drug-likeness (QED) is 0.809. The Hall–Kier alpha value is -1.29. The molecule has 4 heteroatoms. The van der Waals surface area contributed by atoms with Crippen LogP contribution in [-0.2, 0) is 0 Å². The number of hydrogen-bond acceptors (Lipinski definition) is 3. The normalized spacial score (nSPS) is 20.8. The van der Waals surface area contributed by atoms with Crippen molar-refractivity contribution < 1.29 is 14.2 Å². The van der Waals surface area contributed by atoms with Crippen molar-refractivity contribution in [3.8, 4) is 11.5 Å². The maximum absolute atomic E-state index is 14.0. The number of ether oxygens (including phenoxy) is 1. The van der Waals surface area contributed by atoms with Crippen LogP contribution in [0.25, 0.3) is 0 Å². The van der Waals surface area contributed by atoms with Gasteiger partial charge in [0.25, 0.3) is 0 Å². The van der Waals surface area contributed by atoms with Crippen molar-refractivity contribution in [2.45, 2.75) is 18.8 Å². The molecule has 2 rings (SSSR count). The summed E-state index contributed by atoms with van der Waals surface area (Å²) in [6.45, 7) is 1.78. The average molecular weight is 225 g/mol. The number of aromatic hydroxyl groups is 1. The van der Waals surface area contributed by atoms with Crippen molar-refractivity contribution >= 4 is 0 Å². The zero-order valence-electron chi connectivity index (χ0n) is 9.29. The van der Waals surface area contributed by atoms with Crippen LogP contribution in [0, 0.1) is 5.82 Å². The van der Waals surface area contributed by atoms with Gasteiger partial charge in [0.15, 0.2) is 17.3 Å². The molecule has 0 aliphatic carbocycles. The number of methoxy groups -OCH3 is 1. The second-order valence-corrected chi connectivity index (χ2v) is 4.06. The van der Waals surface area contributed by atoms with Crippen LogP contribution in [0.1, 0.15) is 24.3 Å². The van der Waals surface area contributed by atoms with Crippen molar-refractivity contribution in [1.82, 2.24) is 5.32 Å². The number of halogens is 1. The second-order valence-electron chi connectivity index (χ2n) is 4.06. The molecule has 1 aliphatic heterocycles. The second kappa shape index (κ2) is 4.70. The van der Waals surface area contributed by atoms with E-state index in [4.69, 9.17) is 4.74 Å². The first kappa shape index (κ1) is 11.2. The van der Waals surface area contributed by atoms with Crippen LogP contribution in [0.5, 0.6) is 11.5 Å². The molecule has 0 spiro atoms. The molecule has 1 aliphatic rings. The van der Waals surface area contributed by atoms with Gasteiger partial charge in [-0.1, -0.05) is 6.07 Å². The summed E-state index contributed by atoms with van der Waals surface area (Å²) in [5, 5.41) is 12.7.